The van der Waals surface area contributed by atoms with Crippen LogP contribution in [0.3, 0.4) is 0 Å². The lowest BCUT2D eigenvalue weighted by Crippen LogP contribution is -2.40. The summed E-state index contributed by atoms with van der Waals surface area (Å²) in [6.07, 6.45) is 3.98. The summed E-state index contributed by atoms with van der Waals surface area (Å²) in [6, 6.07) is 4.17. The smallest absolute Gasteiger partial charge is 0.308 e. The van der Waals surface area contributed by atoms with E-state index in [1.807, 2.05) is 4.90 Å². The van der Waals surface area contributed by atoms with E-state index in [-0.39, 0.29) is 5.41 Å². The molecule has 5 rings (SSSR count). The zero-order chi connectivity index (χ0) is 23.9. The molecular formula is C24H30ClN5O4. The number of hydrogen-bond donors (Lipinski definition) is 2. The number of fused-ring (bicyclic) bond motifs is 1. The van der Waals surface area contributed by atoms with Gasteiger partial charge in [-0.1, -0.05) is 11.6 Å². The first-order chi connectivity index (χ1) is 16.4. The first kappa shape index (κ1) is 23.1. The van der Waals surface area contributed by atoms with Gasteiger partial charge in [0.15, 0.2) is 5.82 Å². The summed E-state index contributed by atoms with van der Waals surface area (Å²) in [4.78, 5) is 25.5. The van der Waals surface area contributed by atoms with E-state index in [4.69, 9.17) is 26.1 Å². The number of methoxy groups -OCH3 is 1. The van der Waals surface area contributed by atoms with Gasteiger partial charge in [-0.15, -0.1) is 0 Å². The number of carboxylic acid groups (broad SMARTS) is 1. The number of aliphatic carboxylic acids is 1. The van der Waals surface area contributed by atoms with E-state index in [1.165, 1.54) is 11.1 Å². The highest BCUT2D eigenvalue weighted by molar-refractivity contribution is 6.32. The number of halogens is 1. The molecule has 9 nitrogen and oxygen atoms in total. The standard InChI is InChI=1S/C24H30ClN5O4/c1-29-6-3-15-10-20(33-2)19(9-16(15)12-29)27-23-26-11-18(25)21(28-23)30-13-17(22(31)32)24(14-30)4-7-34-8-5-24/h9-11,17H,3-8,12-14H2,1-2H3,(H,31,32)(H,26,27,28). The summed E-state index contributed by atoms with van der Waals surface area (Å²) in [5, 5.41) is 13.6. The van der Waals surface area contributed by atoms with Gasteiger partial charge in [0.05, 0.1) is 24.9 Å². The fourth-order valence-corrected chi connectivity index (χ4v) is 5.72. The normalized spacial score (nSPS) is 22.0. The first-order valence-corrected chi connectivity index (χ1v) is 12.0. The van der Waals surface area contributed by atoms with Crippen molar-refractivity contribution in [3.63, 3.8) is 0 Å². The van der Waals surface area contributed by atoms with E-state index in [0.717, 1.165) is 43.8 Å². The Hall–Kier alpha value is -2.62. The van der Waals surface area contributed by atoms with Crippen LogP contribution in [0.2, 0.25) is 5.02 Å². The maximum absolute atomic E-state index is 12.1. The van der Waals surface area contributed by atoms with Crippen molar-refractivity contribution in [3.8, 4) is 5.75 Å². The molecule has 3 aliphatic rings. The van der Waals surface area contributed by atoms with Gasteiger partial charge >= 0.3 is 5.97 Å². The molecule has 2 fully saturated rings. The Morgan fingerprint density at radius 2 is 2.12 bits per heavy atom. The van der Waals surface area contributed by atoms with E-state index in [2.05, 4.69) is 34.4 Å². The van der Waals surface area contributed by atoms with Crippen molar-refractivity contribution >= 4 is 35.0 Å². The van der Waals surface area contributed by atoms with Crippen LogP contribution in [-0.4, -0.2) is 72.9 Å². The molecule has 2 saturated heterocycles. The summed E-state index contributed by atoms with van der Waals surface area (Å²) in [7, 11) is 3.76. The number of ether oxygens (including phenoxy) is 2. The number of benzene rings is 1. The van der Waals surface area contributed by atoms with Crippen molar-refractivity contribution in [1.29, 1.82) is 0 Å². The van der Waals surface area contributed by atoms with Crippen LogP contribution in [-0.2, 0) is 22.5 Å². The number of carbonyl (C=O) groups is 1. The lowest BCUT2D eigenvalue weighted by molar-refractivity contribution is -0.146. The summed E-state index contributed by atoms with van der Waals surface area (Å²) in [5.74, 6) is 0.400. The summed E-state index contributed by atoms with van der Waals surface area (Å²) >= 11 is 6.51. The van der Waals surface area contributed by atoms with Crippen molar-refractivity contribution < 1.29 is 19.4 Å². The highest BCUT2D eigenvalue weighted by atomic mass is 35.5. The van der Waals surface area contributed by atoms with E-state index >= 15 is 0 Å². The van der Waals surface area contributed by atoms with Gasteiger partial charge in [-0.3, -0.25) is 4.79 Å². The Morgan fingerprint density at radius 3 is 2.85 bits per heavy atom. The van der Waals surface area contributed by atoms with E-state index < -0.39 is 11.9 Å². The SMILES string of the molecule is COc1cc2c(cc1Nc1ncc(Cl)c(N3CC(C(=O)O)C4(CCOCC4)C3)n1)CN(C)CC2. The van der Waals surface area contributed by atoms with E-state index in [9.17, 15) is 9.90 Å². The van der Waals surface area contributed by atoms with Crippen LogP contribution < -0.4 is 15.0 Å². The molecule has 0 amide bonds. The quantitative estimate of drug-likeness (QED) is 0.658. The molecule has 1 aromatic carbocycles. The molecule has 2 aromatic rings. The zero-order valence-electron chi connectivity index (χ0n) is 19.5. The third kappa shape index (κ3) is 4.28. The Bertz CT molecular complexity index is 1090. The van der Waals surface area contributed by atoms with Gasteiger partial charge in [0.1, 0.15) is 10.8 Å². The Labute approximate surface area is 204 Å². The fraction of sp³-hybridized carbons (Fsp3) is 0.542. The molecular weight excluding hydrogens is 458 g/mol. The van der Waals surface area contributed by atoms with Gasteiger partial charge in [-0.05, 0) is 49.6 Å². The molecule has 34 heavy (non-hydrogen) atoms. The zero-order valence-corrected chi connectivity index (χ0v) is 20.3. The van der Waals surface area contributed by atoms with Gasteiger partial charge in [0, 0.05) is 44.8 Å². The molecule has 3 aliphatic heterocycles. The molecule has 4 heterocycles. The van der Waals surface area contributed by atoms with Gasteiger partial charge in [0.2, 0.25) is 5.95 Å². The number of aromatic nitrogens is 2. The maximum Gasteiger partial charge on any atom is 0.308 e. The number of hydrogen-bond acceptors (Lipinski definition) is 8. The van der Waals surface area contributed by atoms with Crippen molar-refractivity contribution in [1.82, 2.24) is 14.9 Å². The number of anilines is 3. The minimum Gasteiger partial charge on any atom is -0.495 e. The molecule has 0 radical (unpaired) electrons. The van der Waals surface area contributed by atoms with E-state index in [0.29, 0.717) is 43.1 Å². The topological polar surface area (TPSA) is 100 Å². The van der Waals surface area contributed by atoms with Crippen LogP contribution in [0.1, 0.15) is 24.0 Å². The monoisotopic (exact) mass is 487 g/mol. The summed E-state index contributed by atoms with van der Waals surface area (Å²) in [6.45, 7) is 3.99. The van der Waals surface area contributed by atoms with Crippen LogP contribution in [0.4, 0.5) is 17.5 Å². The van der Waals surface area contributed by atoms with Crippen LogP contribution in [0.25, 0.3) is 0 Å². The average molecular weight is 488 g/mol. The van der Waals surface area contributed by atoms with Crippen LogP contribution in [0.15, 0.2) is 18.3 Å². The fourth-order valence-electron chi connectivity index (χ4n) is 5.51. The van der Waals surface area contributed by atoms with Crippen molar-refractivity contribution in [3.05, 3.63) is 34.5 Å². The summed E-state index contributed by atoms with van der Waals surface area (Å²) < 4.78 is 11.1. The first-order valence-electron chi connectivity index (χ1n) is 11.6. The number of likely N-dealkylation sites (N-methyl/N-ethyl adjacent to an activating group) is 1. The van der Waals surface area contributed by atoms with Gasteiger partial charge in [0.25, 0.3) is 0 Å². The molecule has 2 N–H and O–H groups in total. The van der Waals surface area contributed by atoms with Crippen LogP contribution in [0, 0.1) is 11.3 Å². The number of rotatable bonds is 5. The van der Waals surface area contributed by atoms with Crippen LogP contribution in [0.5, 0.6) is 5.75 Å². The van der Waals surface area contributed by atoms with Gasteiger partial charge in [-0.2, -0.15) is 4.98 Å². The van der Waals surface area contributed by atoms with Gasteiger partial charge < -0.3 is 29.7 Å². The molecule has 1 atom stereocenters. The second-order valence-electron chi connectivity index (χ2n) is 9.55. The highest BCUT2D eigenvalue weighted by Gasteiger charge is 2.51. The highest BCUT2D eigenvalue weighted by Crippen LogP contribution is 2.46. The molecule has 1 spiro atoms. The molecule has 1 aromatic heterocycles. The molecule has 1 unspecified atom stereocenters. The molecule has 182 valence electrons. The van der Waals surface area contributed by atoms with Crippen molar-refractivity contribution in [2.45, 2.75) is 25.8 Å². The van der Waals surface area contributed by atoms with Crippen LogP contribution >= 0.6 is 11.6 Å². The maximum atomic E-state index is 12.1. The third-order valence-electron chi connectivity index (χ3n) is 7.43. The largest absolute Gasteiger partial charge is 0.495 e. The Morgan fingerprint density at radius 1 is 1.32 bits per heavy atom. The number of carboxylic acids is 1. The predicted molar refractivity (Wildman–Crippen MR) is 129 cm³/mol. The minimum absolute atomic E-state index is 0.334. The van der Waals surface area contributed by atoms with Crippen molar-refractivity contribution in [2.75, 3.05) is 57.2 Å². The lowest BCUT2D eigenvalue weighted by atomic mass is 9.72. The molecule has 0 bridgehead atoms. The summed E-state index contributed by atoms with van der Waals surface area (Å²) in [5.41, 5.74) is 2.99. The number of nitrogens with zero attached hydrogens (tertiary/aromatic N) is 4. The second kappa shape index (κ2) is 9.20. The average Bonchev–Trinajstić information content (AvgIpc) is 3.18. The molecule has 10 heteroatoms. The Kier molecular flexibility index (Phi) is 6.26. The molecule has 0 aliphatic carbocycles. The Balaban J connectivity index is 1.43. The van der Waals surface area contributed by atoms with Crippen molar-refractivity contribution in [2.24, 2.45) is 11.3 Å². The molecule has 0 saturated carbocycles. The second-order valence-corrected chi connectivity index (χ2v) is 9.95. The third-order valence-corrected chi connectivity index (χ3v) is 7.70. The minimum atomic E-state index is -0.781. The van der Waals surface area contributed by atoms with Gasteiger partial charge in [-0.25, -0.2) is 4.98 Å². The number of nitrogens with one attached hydrogen (secondary N) is 1. The lowest BCUT2D eigenvalue weighted by Gasteiger charge is -2.36. The van der Waals surface area contributed by atoms with E-state index in [1.54, 1.807) is 13.3 Å². The predicted octanol–water partition coefficient (Wildman–Crippen LogP) is 3.19.